The second-order valence-corrected chi connectivity index (χ2v) is 3.74. The van der Waals surface area contributed by atoms with Crippen LogP contribution in [0.15, 0.2) is 0 Å². The van der Waals surface area contributed by atoms with Crippen molar-refractivity contribution >= 4 is 34.1 Å². The molecule has 0 aliphatic carbocycles. The molecule has 0 bridgehead atoms. The summed E-state index contributed by atoms with van der Waals surface area (Å²) < 4.78 is 0. The van der Waals surface area contributed by atoms with E-state index in [-0.39, 0.29) is 27.4 Å². The van der Waals surface area contributed by atoms with Gasteiger partial charge in [0.05, 0.1) is 0 Å². The number of ketones is 1. The van der Waals surface area contributed by atoms with Crippen LogP contribution in [-0.4, -0.2) is 27.8 Å². The maximum Gasteiger partial charge on any atom is 0.356 e. The second-order valence-electron chi connectivity index (χ2n) is 2.74. The van der Waals surface area contributed by atoms with Crippen molar-refractivity contribution in [1.29, 1.82) is 0 Å². The van der Waals surface area contributed by atoms with Crippen LogP contribution in [0.4, 0.5) is 5.13 Å². The molecule has 0 aliphatic heterocycles. The topological polar surface area (TPSA) is 96.4 Å². The summed E-state index contributed by atoms with van der Waals surface area (Å²) in [6, 6.07) is 0. The fourth-order valence-corrected chi connectivity index (χ4v) is 1.81. The molecule has 0 unspecified atom stereocenters. The zero-order valence-corrected chi connectivity index (χ0v) is 8.84. The zero-order valence-electron chi connectivity index (χ0n) is 8.03. The van der Waals surface area contributed by atoms with Crippen LogP contribution in [0.25, 0.3) is 0 Å². The minimum absolute atomic E-state index is 0.0336. The van der Waals surface area contributed by atoms with Gasteiger partial charge in [-0.15, -0.1) is 0 Å². The van der Waals surface area contributed by atoms with Crippen LogP contribution in [0, 0.1) is 0 Å². The first kappa shape index (κ1) is 11.3. The van der Waals surface area contributed by atoms with Crippen molar-refractivity contribution in [3.8, 4) is 0 Å². The average Bonchev–Trinajstić information content (AvgIpc) is 2.46. The van der Waals surface area contributed by atoms with E-state index in [9.17, 15) is 14.4 Å². The number of aromatic carboxylic acids is 1. The van der Waals surface area contributed by atoms with Gasteiger partial charge in [0.25, 0.3) is 0 Å². The van der Waals surface area contributed by atoms with Crippen molar-refractivity contribution in [3.05, 3.63) is 10.6 Å². The third-order valence-corrected chi connectivity index (χ3v) is 2.50. The molecule has 2 N–H and O–H groups in total. The number of Topliss-reactive ketones (excluding diaryl/α,β-unsaturated/α-hetero) is 1. The van der Waals surface area contributed by atoms with E-state index in [0.717, 1.165) is 11.3 Å². The predicted octanol–water partition coefficient (Wildman–Crippen LogP) is 1.00. The van der Waals surface area contributed by atoms with E-state index in [0.29, 0.717) is 0 Å². The number of carboxylic acid groups (broad SMARTS) is 1. The van der Waals surface area contributed by atoms with Crippen molar-refractivity contribution in [2.45, 2.75) is 13.8 Å². The Labute approximate surface area is 88.9 Å². The van der Waals surface area contributed by atoms with Crippen molar-refractivity contribution in [1.82, 2.24) is 4.98 Å². The summed E-state index contributed by atoms with van der Waals surface area (Å²) >= 11 is 0.851. The van der Waals surface area contributed by atoms with Gasteiger partial charge in [0, 0.05) is 13.8 Å². The first-order chi connectivity index (χ1) is 6.91. The fourth-order valence-electron chi connectivity index (χ4n) is 0.908. The predicted molar refractivity (Wildman–Crippen MR) is 53.4 cm³/mol. The van der Waals surface area contributed by atoms with Gasteiger partial charge in [0.1, 0.15) is 4.88 Å². The van der Waals surface area contributed by atoms with E-state index < -0.39 is 5.97 Å². The van der Waals surface area contributed by atoms with Crippen LogP contribution >= 0.6 is 11.3 Å². The summed E-state index contributed by atoms with van der Waals surface area (Å²) in [5.41, 5.74) is -0.323. The lowest BCUT2D eigenvalue weighted by Crippen LogP contribution is -2.06. The quantitative estimate of drug-likeness (QED) is 0.752. The molecule has 0 fully saturated rings. The number of hydrogen-bond acceptors (Lipinski definition) is 5. The largest absolute Gasteiger partial charge is 0.476 e. The fraction of sp³-hybridized carbons (Fsp3) is 0.250. The van der Waals surface area contributed by atoms with E-state index in [1.54, 1.807) is 0 Å². The van der Waals surface area contributed by atoms with Crippen molar-refractivity contribution in [2.24, 2.45) is 0 Å². The van der Waals surface area contributed by atoms with Crippen LogP contribution in [0.1, 0.15) is 34.0 Å². The number of thiazole rings is 1. The molecule has 15 heavy (non-hydrogen) atoms. The Bertz CT molecular complexity index is 406. The normalized spacial score (nSPS) is 9.73. The standard InChI is InChI=1S/C8H8N2O4S/c1-3(11)6-5(7(13)14)10-8(15-6)9-4(2)12/h1-2H3,(H,13,14)(H,9,10,12). The molecule has 1 heterocycles. The molecule has 0 spiro atoms. The van der Waals surface area contributed by atoms with Crippen molar-refractivity contribution < 1.29 is 19.5 Å². The number of aromatic nitrogens is 1. The van der Waals surface area contributed by atoms with E-state index in [1.807, 2.05) is 0 Å². The smallest absolute Gasteiger partial charge is 0.356 e. The number of amides is 1. The summed E-state index contributed by atoms with van der Waals surface area (Å²) in [6.45, 7) is 2.52. The summed E-state index contributed by atoms with van der Waals surface area (Å²) in [6.07, 6.45) is 0. The summed E-state index contributed by atoms with van der Waals surface area (Å²) in [5.74, 6) is -2.04. The molecule has 0 atom stereocenters. The Morgan fingerprint density at radius 3 is 2.27 bits per heavy atom. The Morgan fingerprint density at radius 2 is 1.93 bits per heavy atom. The summed E-state index contributed by atoms with van der Waals surface area (Å²) in [4.78, 5) is 36.1. The number of carboxylic acids is 1. The van der Waals surface area contributed by atoms with Crippen LogP contribution in [0.2, 0.25) is 0 Å². The lowest BCUT2D eigenvalue weighted by Gasteiger charge is -1.91. The Hall–Kier alpha value is -1.76. The minimum atomic E-state index is -1.28. The van der Waals surface area contributed by atoms with Crippen LogP contribution < -0.4 is 5.32 Å². The molecule has 80 valence electrons. The summed E-state index contributed by atoms with van der Waals surface area (Å²) in [7, 11) is 0. The molecule has 0 saturated carbocycles. The number of carbonyl (C=O) groups excluding carboxylic acids is 2. The Kier molecular flexibility index (Phi) is 3.15. The van der Waals surface area contributed by atoms with Gasteiger partial charge >= 0.3 is 5.97 Å². The molecular formula is C8H8N2O4S. The van der Waals surface area contributed by atoms with Crippen molar-refractivity contribution in [2.75, 3.05) is 5.32 Å². The Morgan fingerprint density at radius 1 is 1.33 bits per heavy atom. The van der Waals surface area contributed by atoms with Gasteiger partial charge in [-0.25, -0.2) is 9.78 Å². The van der Waals surface area contributed by atoms with Gasteiger partial charge in [-0.2, -0.15) is 0 Å². The van der Waals surface area contributed by atoms with Gasteiger partial charge < -0.3 is 10.4 Å². The summed E-state index contributed by atoms with van der Waals surface area (Å²) in [5, 5.41) is 11.2. The number of nitrogens with zero attached hydrogens (tertiary/aromatic N) is 1. The Balaban J connectivity index is 3.15. The highest BCUT2D eigenvalue weighted by atomic mass is 32.1. The van der Waals surface area contributed by atoms with Gasteiger partial charge in [0.15, 0.2) is 16.6 Å². The van der Waals surface area contributed by atoms with Crippen LogP contribution in [0.5, 0.6) is 0 Å². The number of hydrogen-bond donors (Lipinski definition) is 2. The molecule has 1 amide bonds. The number of rotatable bonds is 3. The minimum Gasteiger partial charge on any atom is -0.476 e. The molecule has 7 heteroatoms. The number of carbonyl (C=O) groups is 3. The second kappa shape index (κ2) is 4.18. The maximum absolute atomic E-state index is 11.1. The highest BCUT2D eigenvalue weighted by Crippen LogP contribution is 2.23. The highest BCUT2D eigenvalue weighted by molar-refractivity contribution is 7.18. The van der Waals surface area contributed by atoms with E-state index >= 15 is 0 Å². The lowest BCUT2D eigenvalue weighted by molar-refractivity contribution is -0.114. The SMILES string of the molecule is CC(=O)Nc1nc(C(=O)O)c(C(C)=O)s1. The van der Waals surface area contributed by atoms with E-state index in [1.165, 1.54) is 13.8 Å². The molecule has 1 rings (SSSR count). The van der Waals surface area contributed by atoms with E-state index in [2.05, 4.69) is 10.3 Å². The van der Waals surface area contributed by atoms with Gasteiger partial charge in [-0.3, -0.25) is 9.59 Å². The molecule has 6 nitrogen and oxygen atoms in total. The molecule has 0 saturated heterocycles. The van der Waals surface area contributed by atoms with Crippen LogP contribution in [0.3, 0.4) is 0 Å². The first-order valence-electron chi connectivity index (χ1n) is 3.94. The molecule has 1 aromatic heterocycles. The average molecular weight is 228 g/mol. The third-order valence-electron chi connectivity index (χ3n) is 1.43. The number of anilines is 1. The monoisotopic (exact) mass is 228 g/mol. The van der Waals surface area contributed by atoms with Gasteiger partial charge in [0.2, 0.25) is 5.91 Å². The molecule has 0 aromatic carbocycles. The maximum atomic E-state index is 11.1. The molecule has 0 aliphatic rings. The van der Waals surface area contributed by atoms with E-state index in [4.69, 9.17) is 5.11 Å². The highest BCUT2D eigenvalue weighted by Gasteiger charge is 2.20. The first-order valence-corrected chi connectivity index (χ1v) is 4.76. The third kappa shape index (κ3) is 2.59. The lowest BCUT2D eigenvalue weighted by atomic mass is 10.3. The number of nitrogens with one attached hydrogen (secondary N) is 1. The molecule has 1 aromatic rings. The van der Waals surface area contributed by atoms with Crippen molar-refractivity contribution in [3.63, 3.8) is 0 Å². The van der Waals surface area contributed by atoms with Crippen LogP contribution in [-0.2, 0) is 4.79 Å². The molecule has 0 radical (unpaired) electrons. The van der Waals surface area contributed by atoms with Gasteiger partial charge in [-0.1, -0.05) is 11.3 Å². The van der Waals surface area contributed by atoms with Gasteiger partial charge in [-0.05, 0) is 0 Å². The molecular weight excluding hydrogens is 220 g/mol. The zero-order chi connectivity index (χ0) is 11.6.